The molecule has 0 spiro atoms. The molecule has 0 heterocycles. The van der Waals surface area contributed by atoms with Gasteiger partial charge in [-0.05, 0) is 19.1 Å². The number of hydrogen-bond donors (Lipinski definition) is 0. The van der Waals surface area contributed by atoms with Gasteiger partial charge in [0.25, 0.3) is 0 Å². The van der Waals surface area contributed by atoms with Crippen LogP contribution in [0.4, 0.5) is 0 Å². The topological polar surface area (TPSA) is 88.1 Å². The first kappa shape index (κ1) is 16.5. The maximum Gasteiger partial charge on any atom is 0.343 e. The molecule has 0 saturated carbocycles. The molecule has 0 fully saturated rings. The zero-order valence-corrected chi connectivity index (χ0v) is 12.0. The molecule has 0 amide bonds. The van der Waals surface area contributed by atoms with Crippen molar-refractivity contribution in [3.63, 3.8) is 0 Å². The van der Waals surface area contributed by atoms with Crippen LogP contribution in [0.1, 0.15) is 17.3 Å². The summed E-state index contributed by atoms with van der Waals surface area (Å²) in [6, 6.07) is 4.43. The molecule has 0 aliphatic rings. The molecule has 0 aromatic heterocycles. The van der Waals surface area contributed by atoms with Crippen LogP contribution in [0.2, 0.25) is 0 Å². The monoisotopic (exact) mass is 296 g/mol. The first-order valence-corrected chi connectivity index (χ1v) is 6.02. The summed E-state index contributed by atoms with van der Waals surface area (Å²) in [6.07, 6.45) is 0. The zero-order chi connectivity index (χ0) is 15.8. The van der Waals surface area contributed by atoms with Crippen LogP contribution in [0.5, 0.6) is 11.5 Å². The SMILES string of the molecule is COC(=O)COc1ccc(C(C)=O)c(OCC(=O)OC)c1. The predicted molar refractivity (Wildman–Crippen MR) is 71.5 cm³/mol. The van der Waals surface area contributed by atoms with Gasteiger partial charge in [0, 0.05) is 6.07 Å². The van der Waals surface area contributed by atoms with Crippen molar-refractivity contribution < 1.29 is 33.3 Å². The Morgan fingerprint density at radius 2 is 1.52 bits per heavy atom. The van der Waals surface area contributed by atoms with E-state index in [2.05, 4.69) is 9.47 Å². The number of rotatable bonds is 7. The van der Waals surface area contributed by atoms with E-state index < -0.39 is 11.9 Å². The number of esters is 2. The summed E-state index contributed by atoms with van der Waals surface area (Å²) in [5.74, 6) is -0.858. The Morgan fingerprint density at radius 1 is 0.952 bits per heavy atom. The fraction of sp³-hybridized carbons (Fsp3) is 0.357. The fourth-order valence-electron chi connectivity index (χ4n) is 1.40. The Morgan fingerprint density at radius 3 is 2.05 bits per heavy atom. The maximum atomic E-state index is 11.5. The van der Waals surface area contributed by atoms with Gasteiger partial charge in [-0.2, -0.15) is 0 Å². The minimum Gasteiger partial charge on any atom is -0.482 e. The summed E-state index contributed by atoms with van der Waals surface area (Å²) >= 11 is 0. The first-order valence-electron chi connectivity index (χ1n) is 6.02. The van der Waals surface area contributed by atoms with Gasteiger partial charge in [0.2, 0.25) is 0 Å². The van der Waals surface area contributed by atoms with Crippen LogP contribution in [0, 0.1) is 0 Å². The Balaban J connectivity index is 2.87. The standard InChI is InChI=1S/C14H16O7/c1-9(15)11-5-4-10(20-7-13(16)18-2)6-12(11)21-8-14(17)19-3/h4-6H,7-8H2,1-3H3. The molecule has 1 rings (SSSR count). The second-order valence-corrected chi connectivity index (χ2v) is 3.94. The average molecular weight is 296 g/mol. The van der Waals surface area contributed by atoms with Gasteiger partial charge in [-0.1, -0.05) is 0 Å². The molecule has 1 aromatic carbocycles. The van der Waals surface area contributed by atoms with E-state index in [0.717, 1.165) is 0 Å². The summed E-state index contributed by atoms with van der Waals surface area (Å²) < 4.78 is 19.3. The molecule has 1 aromatic rings. The molecule has 0 aliphatic carbocycles. The summed E-state index contributed by atoms with van der Waals surface area (Å²) in [6.45, 7) is 0.763. The van der Waals surface area contributed by atoms with E-state index in [1.165, 1.54) is 39.3 Å². The molecule has 7 nitrogen and oxygen atoms in total. The minimum atomic E-state index is -0.578. The summed E-state index contributed by atoms with van der Waals surface area (Å²) in [5.41, 5.74) is 0.296. The van der Waals surface area contributed by atoms with Crippen LogP contribution in [0.25, 0.3) is 0 Å². The number of ketones is 1. The van der Waals surface area contributed by atoms with E-state index in [0.29, 0.717) is 11.3 Å². The fourth-order valence-corrected chi connectivity index (χ4v) is 1.40. The van der Waals surface area contributed by atoms with Gasteiger partial charge >= 0.3 is 11.9 Å². The summed E-state index contributed by atoms with van der Waals surface area (Å²) in [4.78, 5) is 33.6. The Hall–Kier alpha value is -2.57. The van der Waals surface area contributed by atoms with Crippen LogP contribution >= 0.6 is 0 Å². The van der Waals surface area contributed by atoms with E-state index in [9.17, 15) is 14.4 Å². The highest BCUT2D eigenvalue weighted by Gasteiger charge is 2.13. The zero-order valence-electron chi connectivity index (χ0n) is 12.0. The quantitative estimate of drug-likeness (QED) is 0.547. The van der Waals surface area contributed by atoms with Crippen molar-refractivity contribution in [3.8, 4) is 11.5 Å². The van der Waals surface area contributed by atoms with E-state index in [4.69, 9.17) is 9.47 Å². The molecule has 0 aliphatic heterocycles. The van der Waals surface area contributed by atoms with Crippen molar-refractivity contribution in [3.05, 3.63) is 23.8 Å². The molecule has 0 bridgehead atoms. The van der Waals surface area contributed by atoms with Crippen molar-refractivity contribution in [1.29, 1.82) is 0 Å². The lowest BCUT2D eigenvalue weighted by molar-refractivity contribution is -0.143. The number of benzene rings is 1. The van der Waals surface area contributed by atoms with Crippen molar-refractivity contribution in [2.24, 2.45) is 0 Å². The summed E-state index contributed by atoms with van der Waals surface area (Å²) in [5, 5.41) is 0. The Kier molecular flexibility index (Phi) is 6.19. The van der Waals surface area contributed by atoms with Gasteiger partial charge in [-0.3, -0.25) is 4.79 Å². The second-order valence-electron chi connectivity index (χ2n) is 3.94. The molecule has 0 atom stereocenters. The number of carbonyl (C=O) groups excluding carboxylic acids is 3. The molecule has 0 radical (unpaired) electrons. The number of Topliss-reactive ketones (excluding diaryl/α,β-unsaturated/α-hetero) is 1. The van der Waals surface area contributed by atoms with E-state index in [-0.39, 0.29) is 24.7 Å². The highest BCUT2D eigenvalue weighted by Crippen LogP contribution is 2.25. The van der Waals surface area contributed by atoms with Gasteiger partial charge in [0.05, 0.1) is 19.8 Å². The highest BCUT2D eigenvalue weighted by atomic mass is 16.6. The normalized spacial score (nSPS) is 9.67. The van der Waals surface area contributed by atoms with Crippen LogP contribution in [0.3, 0.4) is 0 Å². The third-order valence-corrected chi connectivity index (χ3v) is 2.49. The van der Waals surface area contributed by atoms with Crippen molar-refractivity contribution >= 4 is 17.7 Å². The van der Waals surface area contributed by atoms with E-state index >= 15 is 0 Å². The third kappa shape index (κ3) is 5.13. The molecule has 0 N–H and O–H groups in total. The highest BCUT2D eigenvalue weighted by molar-refractivity contribution is 5.97. The van der Waals surface area contributed by atoms with E-state index in [1.54, 1.807) is 0 Å². The Labute approximate surface area is 121 Å². The van der Waals surface area contributed by atoms with Gasteiger partial charge in [-0.25, -0.2) is 9.59 Å². The first-order chi connectivity index (χ1) is 9.97. The van der Waals surface area contributed by atoms with Crippen LogP contribution in [-0.4, -0.2) is 45.2 Å². The number of hydrogen-bond acceptors (Lipinski definition) is 7. The molecule has 0 unspecified atom stereocenters. The predicted octanol–water partition coefficient (Wildman–Crippen LogP) is 0.993. The van der Waals surface area contributed by atoms with Crippen LogP contribution in [0.15, 0.2) is 18.2 Å². The lowest BCUT2D eigenvalue weighted by atomic mass is 10.1. The molecule has 114 valence electrons. The second kappa shape index (κ2) is 7.88. The van der Waals surface area contributed by atoms with Gasteiger partial charge < -0.3 is 18.9 Å². The molecular formula is C14H16O7. The molecule has 21 heavy (non-hydrogen) atoms. The maximum absolute atomic E-state index is 11.5. The van der Waals surface area contributed by atoms with Crippen LogP contribution in [-0.2, 0) is 19.1 Å². The van der Waals surface area contributed by atoms with Gasteiger partial charge in [0.1, 0.15) is 11.5 Å². The molecule has 0 saturated heterocycles. The number of ether oxygens (including phenoxy) is 4. The van der Waals surface area contributed by atoms with Crippen molar-refractivity contribution in [2.45, 2.75) is 6.92 Å². The van der Waals surface area contributed by atoms with Crippen LogP contribution < -0.4 is 9.47 Å². The average Bonchev–Trinajstić information content (AvgIpc) is 2.49. The Bertz CT molecular complexity index is 536. The van der Waals surface area contributed by atoms with Gasteiger partial charge in [-0.15, -0.1) is 0 Å². The largest absolute Gasteiger partial charge is 0.482 e. The lowest BCUT2D eigenvalue weighted by Crippen LogP contribution is -2.15. The summed E-state index contributed by atoms with van der Waals surface area (Å²) in [7, 11) is 2.48. The number of carbonyl (C=O) groups is 3. The third-order valence-electron chi connectivity index (χ3n) is 2.49. The smallest absolute Gasteiger partial charge is 0.343 e. The molecular weight excluding hydrogens is 280 g/mol. The van der Waals surface area contributed by atoms with Crippen molar-refractivity contribution in [2.75, 3.05) is 27.4 Å². The molecule has 7 heteroatoms. The lowest BCUT2D eigenvalue weighted by Gasteiger charge is -2.11. The number of methoxy groups -OCH3 is 2. The minimum absolute atomic E-state index is 0.176. The van der Waals surface area contributed by atoms with E-state index in [1.807, 2.05) is 0 Å². The van der Waals surface area contributed by atoms with Gasteiger partial charge in [0.15, 0.2) is 19.0 Å². The van der Waals surface area contributed by atoms with Crippen molar-refractivity contribution in [1.82, 2.24) is 0 Å².